The zero-order valence-electron chi connectivity index (χ0n) is 12.0. The molecule has 2 rings (SSSR count). The fraction of sp³-hybridized carbons (Fsp3) is 1.00. The Labute approximate surface area is 117 Å². The molecule has 2 saturated carbocycles. The highest BCUT2D eigenvalue weighted by Crippen LogP contribution is 2.28. The standard InChI is InChI=1S/C14H28N2O2S/c1-2-14(12-6-4-3-5-7-12)16-19(17,18)11-10-15-13-8-9-13/h12-16H,2-11H2,1H3. The lowest BCUT2D eigenvalue weighted by Crippen LogP contribution is -2.43. The van der Waals surface area contributed by atoms with Crippen LogP contribution in [0.5, 0.6) is 0 Å². The molecule has 4 nitrogen and oxygen atoms in total. The first-order valence-corrected chi connectivity index (χ1v) is 9.49. The van der Waals surface area contributed by atoms with Crippen LogP contribution in [0.3, 0.4) is 0 Å². The van der Waals surface area contributed by atoms with Crippen LogP contribution in [0.15, 0.2) is 0 Å². The largest absolute Gasteiger partial charge is 0.313 e. The smallest absolute Gasteiger partial charge is 0.213 e. The van der Waals surface area contributed by atoms with Gasteiger partial charge in [-0.05, 0) is 38.0 Å². The van der Waals surface area contributed by atoms with Crippen LogP contribution in [0.25, 0.3) is 0 Å². The lowest BCUT2D eigenvalue weighted by Gasteiger charge is -2.30. The summed E-state index contributed by atoms with van der Waals surface area (Å²) in [6.45, 7) is 2.67. The number of nitrogens with one attached hydrogen (secondary N) is 2. The van der Waals surface area contributed by atoms with Crippen LogP contribution in [0.4, 0.5) is 0 Å². The highest BCUT2D eigenvalue weighted by atomic mass is 32.2. The molecule has 0 radical (unpaired) electrons. The van der Waals surface area contributed by atoms with E-state index < -0.39 is 10.0 Å². The summed E-state index contributed by atoms with van der Waals surface area (Å²) in [5, 5.41) is 3.26. The second-order valence-electron chi connectivity index (χ2n) is 6.08. The van der Waals surface area contributed by atoms with Gasteiger partial charge in [0, 0.05) is 18.6 Å². The molecule has 2 N–H and O–H groups in total. The molecule has 0 aromatic carbocycles. The highest BCUT2D eigenvalue weighted by molar-refractivity contribution is 7.89. The van der Waals surface area contributed by atoms with Gasteiger partial charge in [-0.15, -0.1) is 0 Å². The van der Waals surface area contributed by atoms with E-state index in [2.05, 4.69) is 17.0 Å². The topological polar surface area (TPSA) is 58.2 Å². The van der Waals surface area contributed by atoms with Crippen LogP contribution in [-0.4, -0.2) is 32.8 Å². The van der Waals surface area contributed by atoms with Crippen molar-refractivity contribution in [3.63, 3.8) is 0 Å². The normalized spacial score (nSPS) is 23.4. The number of sulfonamides is 1. The molecule has 0 aliphatic heterocycles. The van der Waals surface area contributed by atoms with Gasteiger partial charge in [0.15, 0.2) is 0 Å². The fourth-order valence-corrected chi connectivity index (χ4v) is 4.35. The maximum Gasteiger partial charge on any atom is 0.213 e. The molecule has 0 saturated heterocycles. The van der Waals surface area contributed by atoms with Gasteiger partial charge in [-0.2, -0.15) is 0 Å². The summed E-state index contributed by atoms with van der Waals surface area (Å²) in [6.07, 6.45) is 9.49. The van der Waals surface area contributed by atoms with E-state index >= 15 is 0 Å². The zero-order valence-corrected chi connectivity index (χ0v) is 12.8. The van der Waals surface area contributed by atoms with Crippen molar-refractivity contribution in [1.29, 1.82) is 0 Å². The molecule has 2 aliphatic rings. The van der Waals surface area contributed by atoms with Crippen molar-refractivity contribution >= 4 is 10.0 Å². The second-order valence-corrected chi connectivity index (χ2v) is 7.95. The van der Waals surface area contributed by atoms with Gasteiger partial charge in [0.2, 0.25) is 10.0 Å². The molecule has 0 amide bonds. The maximum absolute atomic E-state index is 12.1. The minimum Gasteiger partial charge on any atom is -0.313 e. The number of rotatable bonds is 8. The molecule has 5 heteroatoms. The molecular formula is C14H28N2O2S. The van der Waals surface area contributed by atoms with Gasteiger partial charge < -0.3 is 5.32 Å². The molecule has 0 aromatic rings. The first-order chi connectivity index (χ1) is 9.11. The molecule has 1 unspecified atom stereocenters. The lowest BCUT2D eigenvalue weighted by atomic mass is 9.83. The fourth-order valence-electron chi connectivity index (χ4n) is 3.02. The first-order valence-electron chi connectivity index (χ1n) is 7.84. The highest BCUT2D eigenvalue weighted by Gasteiger charge is 2.26. The van der Waals surface area contributed by atoms with Crippen molar-refractivity contribution in [2.75, 3.05) is 12.3 Å². The summed E-state index contributed by atoms with van der Waals surface area (Å²) in [5.41, 5.74) is 0. The van der Waals surface area contributed by atoms with Crippen molar-refractivity contribution in [2.45, 2.75) is 70.4 Å². The Kier molecular flexibility index (Phi) is 5.66. The van der Waals surface area contributed by atoms with Crippen LogP contribution >= 0.6 is 0 Å². The number of hydrogen-bond acceptors (Lipinski definition) is 3. The first kappa shape index (κ1) is 15.3. The van der Waals surface area contributed by atoms with Crippen LogP contribution in [0.2, 0.25) is 0 Å². The Morgan fingerprint density at radius 3 is 2.37 bits per heavy atom. The molecule has 0 spiro atoms. The van der Waals surface area contributed by atoms with Crippen molar-refractivity contribution in [1.82, 2.24) is 10.0 Å². The van der Waals surface area contributed by atoms with E-state index in [0.717, 1.165) is 6.42 Å². The van der Waals surface area contributed by atoms with Crippen LogP contribution in [0.1, 0.15) is 58.3 Å². The predicted molar refractivity (Wildman–Crippen MR) is 78.6 cm³/mol. The third kappa shape index (κ3) is 5.40. The van der Waals surface area contributed by atoms with Gasteiger partial charge >= 0.3 is 0 Å². The Morgan fingerprint density at radius 1 is 1.11 bits per heavy atom. The quantitative estimate of drug-likeness (QED) is 0.718. The summed E-state index contributed by atoms with van der Waals surface area (Å²) in [6, 6.07) is 0.724. The van der Waals surface area contributed by atoms with Crippen molar-refractivity contribution < 1.29 is 8.42 Å². The Hall–Kier alpha value is -0.130. The van der Waals surface area contributed by atoms with Gasteiger partial charge in [-0.1, -0.05) is 26.2 Å². The number of hydrogen-bond donors (Lipinski definition) is 2. The minimum atomic E-state index is -3.12. The van der Waals surface area contributed by atoms with E-state index in [-0.39, 0.29) is 11.8 Å². The second kappa shape index (κ2) is 7.04. The van der Waals surface area contributed by atoms with Gasteiger partial charge in [0.25, 0.3) is 0 Å². The molecule has 112 valence electrons. The molecule has 0 heterocycles. The predicted octanol–water partition coefficient (Wildman–Crippen LogP) is 2.02. The van der Waals surface area contributed by atoms with Gasteiger partial charge in [-0.25, -0.2) is 13.1 Å². The molecule has 0 bridgehead atoms. The Bertz CT molecular complexity index is 360. The van der Waals surface area contributed by atoms with Crippen LogP contribution in [-0.2, 0) is 10.0 Å². The van der Waals surface area contributed by atoms with E-state index in [1.807, 2.05) is 0 Å². The molecular weight excluding hydrogens is 260 g/mol. The minimum absolute atomic E-state index is 0.145. The summed E-state index contributed by atoms with van der Waals surface area (Å²) < 4.78 is 27.1. The van der Waals surface area contributed by atoms with E-state index in [0.29, 0.717) is 18.5 Å². The van der Waals surface area contributed by atoms with Gasteiger partial charge in [0.05, 0.1) is 5.75 Å². The molecule has 1 atom stereocenters. The van der Waals surface area contributed by atoms with Crippen molar-refractivity contribution in [3.05, 3.63) is 0 Å². The maximum atomic E-state index is 12.1. The van der Waals surface area contributed by atoms with Gasteiger partial charge in [-0.3, -0.25) is 0 Å². The SMILES string of the molecule is CCC(NS(=O)(=O)CCNC1CC1)C1CCCCC1. The molecule has 0 aromatic heterocycles. The van der Waals surface area contributed by atoms with E-state index in [9.17, 15) is 8.42 Å². The lowest BCUT2D eigenvalue weighted by molar-refractivity contribution is 0.285. The van der Waals surface area contributed by atoms with E-state index in [4.69, 9.17) is 0 Å². The average molecular weight is 288 g/mol. The average Bonchev–Trinajstić information content (AvgIpc) is 3.21. The van der Waals surface area contributed by atoms with Crippen molar-refractivity contribution in [3.8, 4) is 0 Å². The van der Waals surface area contributed by atoms with Crippen LogP contribution in [0, 0.1) is 5.92 Å². The summed E-state index contributed by atoms with van der Waals surface area (Å²) in [7, 11) is -3.12. The van der Waals surface area contributed by atoms with Gasteiger partial charge in [0.1, 0.15) is 0 Å². The third-order valence-corrected chi connectivity index (χ3v) is 5.77. The summed E-state index contributed by atoms with van der Waals surface area (Å²) >= 11 is 0. The Balaban J connectivity index is 1.77. The molecule has 2 aliphatic carbocycles. The summed E-state index contributed by atoms with van der Waals surface area (Å²) in [5.74, 6) is 0.761. The molecule has 2 fully saturated rings. The van der Waals surface area contributed by atoms with Crippen LogP contribution < -0.4 is 10.0 Å². The van der Waals surface area contributed by atoms with E-state index in [1.54, 1.807) is 0 Å². The van der Waals surface area contributed by atoms with E-state index in [1.165, 1.54) is 44.9 Å². The monoisotopic (exact) mass is 288 g/mol. The molecule has 19 heavy (non-hydrogen) atoms. The van der Waals surface area contributed by atoms with Crippen molar-refractivity contribution in [2.24, 2.45) is 5.92 Å². The summed E-state index contributed by atoms with van der Waals surface area (Å²) in [4.78, 5) is 0. The third-order valence-electron chi connectivity index (χ3n) is 4.37. The Morgan fingerprint density at radius 2 is 1.79 bits per heavy atom. The zero-order chi connectivity index (χ0) is 13.7.